The van der Waals surface area contributed by atoms with Crippen LogP contribution in [0.2, 0.25) is 0 Å². The molecule has 0 aromatic heterocycles. The second kappa shape index (κ2) is 5.71. The van der Waals surface area contributed by atoms with Crippen LogP contribution in [0.25, 0.3) is 0 Å². The highest BCUT2D eigenvalue weighted by Crippen LogP contribution is 2.20. The van der Waals surface area contributed by atoms with Gasteiger partial charge in [-0.15, -0.1) is 0 Å². The summed E-state index contributed by atoms with van der Waals surface area (Å²) in [6, 6.07) is 2.71. The third kappa shape index (κ3) is 3.81. The molecule has 1 rings (SSSR count). The summed E-state index contributed by atoms with van der Waals surface area (Å²) in [7, 11) is 0. The van der Waals surface area contributed by atoms with Crippen LogP contribution in [0.3, 0.4) is 0 Å². The SMILES string of the molecule is CC(=O)OCC(=O)Nc1cc([N+](=O)[O-])ccc1F. The van der Waals surface area contributed by atoms with Gasteiger partial charge in [-0.3, -0.25) is 19.7 Å². The second-order valence-electron chi connectivity index (χ2n) is 3.25. The summed E-state index contributed by atoms with van der Waals surface area (Å²) >= 11 is 0. The highest BCUT2D eigenvalue weighted by molar-refractivity contribution is 5.93. The number of benzene rings is 1. The Balaban J connectivity index is 2.77. The molecule has 0 heterocycles. The summed E-state index contributed by atoms with van der Waals surface area (Å²) < 4.78 is 17.6. The number of nitrogens with one attached hydrogen (secondary N) is 1. The molecule has 7 nitrogen and oxygen atoms in total. The van der Waals surface area contributed by atoms with E-state index in [9.17, 15) is 24.1 Å². The first-order chi connectivity index (χ1) is 8.40. The van der Waals surface area contributed by atoms with E-state index in [0.29, 0.717) is 0 Å². The van der Waals surface area contributed by atoms with Gasteiger partial charge in [0.2, 0.25) is 0 Å². The van der Waals surface area contributed by atoms with E-state index < -0.39 is 29.2 Å². The summed E-state index contributed by atoms with van der Waals surface area (Å²) in [5.41, 5.74) is -0.708. The van der Waals surface area contributed by atoms with Crippen molar-refractivity contribution in [2.75, 3.05) is 11.9 Å². The fourth-order valence-corrected chi connectivity index (χ4v) is 1.08. The summed E-state index contributed by atoms with van der Waals surface area (Å²) in [6.45, 7) is 0.526. The molecule has 0 aliphatic carbocycles. The standard InChI is InChI=1S/C10H9FN2O5/c1-6(14)18-5-10(15)12-9-4-7(13(16)17)2-3-8(9)11/h2-4H,5H2,1H3,(H,12,15). The molecular formula is C10H9FN2O5. The Labute approximate surface area is 101 Å². The maximum atomic E-state index is 13.2. The molecule has 0 spiro atoms. The van der Waals surface area contributed by atoms with E-state index in [2.05, 4.69) is 10.1 Å². The van der Waals surface area contributed by atoms with Gasteiger partial charge in [0, 0.05) is 19.1 Å². The minimum atomic E-state index is -0.822. The van der Waals surface area contributed by atoms with Crippen LogP contribution in [-0.2, 0) is 14.3 Å². The van der Waals surface area contributed by atoms with Gasteiger partial charge in [0.05, 0.1) is 10.6 Å². The number of hydrogen-bond acceptors (Lipinski definition) is 5. The first kappa shape index (κ1) is 13.6. The number of carbonyl (C=O) groups excluding carboxylic acids is 2. The van der Waals surface area contributed by atoms with E-state index in [-0.39, 0.29) is 11.4 Å². The fourth-order valence-electron chi connectivity index (χ4n) is 1.08. The Morgan fingerprint density at radius 3 is 2.72 bits per heavy atom. The number of anilines is 1. The third-order valence-electron chi connectivity index (χ3n) is 1.84. The van der Waals surface area contributed by atoms with E-state index >= 15 is 0 Å². The Kier molecular flexibility index (Phi) is 4.30. The van der Waals surface area contributed by atoms with Gasteiger partial charge >= 0.3 is 5.97 Å². The highest BCUT2D eigenvalue weighted by Gasteiger charge is 2.13. The van der Waals surface area contributed by atoms with Crippen LogP contribution in [0.15, 0.2) is 18.2 Å². The molecule has 18 heavy (non-hydrogen) atoms. The highest BCUT2D eigenvalue weighted by atomic mass is 19.1. The number of rotatable bonds is 4. The first-order valence-corrected chi connectivity index (χ1v) is 4.77. The summed E-state index contributed by atoms with van der Waals surface area (Å²) in [5.74, 6) is -2.27. The molecule has 0 saturated heterocycles. The Bertz CT molecular complexity index is 503. The normalized spacial score (nSPS) is 9.67. The van der Waals surface area contributed by atoms with E-state index in [1.807, 2.05) is 0 Å². The fraction of sp³-hybridized carbons (Fsp3) is 0.200. The molecule has 0 atom stereocenters. The number of non-ortho nitro benzene ring substituents is 1. The van der Waals surface area contributed by atoms with Crippen molar-refractivity contribution in [1.29, 1.82) is 0 Å². The lowest BCUT2D eigenvalue weighted by molar-refractivity contribution is -0.384. The van der Waals surface area contributed by atoms with Gasteiger partial charge in [-0.25, -0.2) is 4.39 Å². The second-order valence-corrected chi connectivity index (χ2v) is 3.25. The zero-order valence-electron chi connectivity index (χ0n) is 9.31. The minimum absolute atomic E-state index is 0.346. The average molecular weight is 256 g/mol. The lowest BCUT2D eigenvalue weighted by Gasteiger charge is -2.06. The molecule has 1 amide bonds. The maximum Gasteiger partial charge on any atom is 0.303 e. The van der Waals surface area contributed by atoms with E-state index in [0.717, 1.165) is 25.1 Å². The van der Waals surface area contributed by atoms with Crippen molar-refractivity contribution >= 4 is 23.3 Å². The molecule has 0 unspecified atom stereocenters. The molecule has 0 aliphatic rings. The molecular weight excluding hydrogens is 247 g/mol. The number of halogens is 1. The van der Waals surface area contributed by atoms with E-state index in [1.165, 1.54) is 0 Å². The number of nitro groups is 1. The minimum Gasteiger partial charge on any atom is -0.456 e. The first-order valence-electron chi connectivity index (χ1n) is 4.77. The quantitative estimate of drug-likeness (QED) is 0.496. The van der Waals surface area contributed by atoms with Crippen molar-refractivity contribution in [2.24, 2.45) is 0 Å². The predicted molar refractivity (Wildman–Crippen MR) is 58.3 cm³/mol. The zero-order chi connectivity index (χ0) is 13.7. The topological polar surface area (TPSA) is 98.5 Å². The van der Waals surface area contributed by atoms with Crippen molar-refractivity contribution in [3.05, 3.63) is 34.1 Å². The Morgan fingerprint density at radius 1 is 1.50 bits per heavy atom. The zero-order valence-corrected chi connectivity index (χ0v) is 9.31. The smallest absolute Gasteiger partial charge is 0.303 e. The Hall–Kier alpha value is -2.51. The van der Waals surface area contributed by atoms with Crippen molar-refractivity contribution in [1.82, 2.24) is 0 Å². The van der Waals surface area contributed by atoms with Crippen LogP contribution in [0.4, 0.5) is 15.8 Å². The Morgan fingerprint density at radius 2 is 2.17 bits per heavy atom. The summed E-state index contributed by atoms with van der Waals surface area (Å²) in [4.78, 5) is 31.4. The lowest BCUT2D eigenvalue weighted by atomic mass is 10.2. The van der Waals surface area contributed by atoms with Gasteiger partial charge in [0.1, 0.15) is 5.82 Å². The summed E-state index contributed by atoms with van der Waals surface area (Å²) in [5, 5.41) is 12.5. The van der Waals surface area contributed by atoms with E-state index in [4.69, 9.17) is 0 Å². The molecule has 0 bridgehead atoms. The number of ether oxygens (including phenoxy) is 1. The van der Waals surface area contributed by atoms with Crippen molar-refractivity contribution in [3.8, 4) is 0 Å². The molecule has 0 radical (unpaired) electrons. The van der Waals surface area contributed by atoms with Crippen LogP contribution in [0, 0.1) is 15.9 Å². The maximum absolute atomic E-state index is 13.2. The monoisotopic (exact) mass is 256 g/mol. The molecule has 0 fully saturated rings. The molecule has 96 valence electrons. The largest absolute Gasteiger partial charge is 0.456 e. The van der Waals surface area contributed by atoms with Crippen molar-refractivity contribution in [2.45, 2.75) is 6.92 Å². The van der Waals surface area contributed by atoms with Gasteiger partial charge in [0.25, 0.3) is 11.6 Å². The van der Waals surface area contributed by atoms with Gasteiger partial charge in [0.15, 0.2) is 6.61 Å². The van der Waals surface area contributed by atoms with E-state index in [1.54, 1.807) is 0 Å². The predicted octanol–water partition coefficient (Wildman–Crippen LogP) is 1.24. The van der Waals surface area contributed by atoms with Crippen LogP contribution in [0.1, 0.15) is 6.92 Å². The number of nitrogens with zero attached hydrogens (tertiary/aromatic N) is 1. The number of hydrogen-bond donors (Lipinski definition) is 1. The number of nitro benzene ring substituents is 1. The van der Waals surface area contributed by atoms with Gasteiger partial charge < -0.3 is 10.1 Å². The van der Waals surface area contributed by atoms with Gasteiger partial charge in [-0.2, -0.15) is 0 Å². The molecule has 8 heteroatoms. The molecule has 0 saturated carbocycles. The van der Waals surface area contributed by atoms with Gasteiger partial charge in [-0.05, 0) is 6.07 Å². The number of amides is 1. The third-order valence-corrected chi connectivity index (χ3v) is 1.84. The van der Waals surface area contributed by atoms with Crippen LogP contribution >= 0.6 is 0 Å². The molecule has 1 aromatic carbocycles. The van der Waals surface area contributed by atoms with Crippen LogP contribution < -0.4 is 5.32 Å². The summed E-state index contributed by atoms with van der Waals surface area (Å²) in [6.07, 6.45) is 0. The van der Waals surface area contributed by atoms with Crippen LogP contribution in [-0.4, -0.2) is 23.4 Å². The lowest BCUT2D eigenvalue weighted by Crippen LogP contribution is -2.20. The molecule has 1 aromatic rings. The van der Waals surface area contributed by atoms with Crippen LogP contribution in [0.5, 0.6) is 0 Å². The average Bonchev–Trinajstić information content (AvgIpc) is 2.29. The van der Waals surface area contributed by atoms with Crippen molar-refractivity contribution in [3.63, 3.8) is 0 Å². The number of esters is 1. The molecule has 0 aliphatic heterocycles. The van der Waals surface area contributed by atoms with Crippen molar-refractivity contribution < 1.29 is 23.6 Å². The molecule has 1 N–H and O–H groups in total. The number of carbonyl (C=O) groups is 2. The van der Waals surface area contributed by atoms with Gasteiger partial charge in [-0.1, -0.05) is 0 Å².